The molecule has 2 aromatic heterocycles. The Balaban J connectivity index is 1.74. The maximum Gasteiger partial charge on any atom is 0.276 e. The van der Waals surface area contributed by atoms with E-state index in [1.165, 1.54) is 18.5 Å². The van der Waals surface area contributed by atoms with E-state index in [9.17, 15) is 9.59 Å². The van der Waals surface area contributed by atoms with Gasteiger partial charge in [0.25, 0.3) is 11.5 Å². The zero-order valence-corrected chi connectivity index (χ0v) is 12.8. The lowest BCUT2D eigenvalue weighted by molar-refractivity contribution is 0.102. The summed E-state index contributed by atoms with van der Waals surface area (Å²) in [5.74, 6) is 0.245. The zero-order chi connectivity index (χ0) is 16.9. The predicted molar refractivity (Wildman–Crippen MR) is 89.3 cm³/mol. The highest BCUT2D eigenvalue weighted by molar-refractivity contribution is 6.02. The van der Waals surface area contributed by atoms with Gasteiger partial charge < -0.3 is 10.6 Å². The molecule has 24 heavy (non-hydrogen) atoms. The van der Waals surface area contributed by atoms with E-state index in [4.69, 9.17) is 0 Å². The first kappa shape index (κ1) is 15.3. The fourth-order valence-electron chi connectivity index (χ4n) is 2.01. The number of rotatable bonds is 4. The van der Waals surface area contributed by atoms with E-state index in [0.29, 0.717) is 11.5 Å². The molecule has 0 aliphatic rings. The van der Waals surface area contributed by atoms with Gasteiger partial charge in [0, 0.05) is 29.2 Å². The normalized spacial score (nSPS) is 10.2. The smallest absolute Gasteiger partial charge is 0.276 e. The molecule has 0 aliphatic carbocycles. The number of carbonyl (C=O) groups excluding carboxylic acids is 1. The number of benzene rings is 1. The molecule has 1 amide bonds. The van der Waals surface area contributed by atoms with Crippen molar-refractivity contribution in [2.24, 2.45) is 0 Å². The van der Waals surface area contributed by atoms with E-state index in [2.05, 4.69) is 30.8 Å². The van der Waals surface area contributed by atoms with Crippen molar-refractivity contribution in [3.8, 4) is 0 Å². The van der Waals surface area contributed by atoms with Gasteiger partial charge in [-0.25, -0.2) is 15.1 Å². The molecule has 3 aromatic rings. The minimum Gasteiger partial charge on any atom is -0.340 e. The van der Waals surface area contributed by atoms with Crippen LogP contribution in [0.4, 0.5) is 17.2 Å². The Morgan fingerprint density at radius 1 is 1.08 bits per heavy atom. The van der Waals surface area contributed by atoms with Gasteiger partial charge in [-0.15, -0.1) is 0 Å². The Hall–Kier alpha value is -3.55. The monoisotopic (exact) mass is 322 g/mol. The van der Waals surface area contributed by atoms with Crippen molar-refractivity contribution >= 4 is 23.1 Å². The molecule has 0 atom stereocenters. The number of aromatic amines is 1. The van der Waals surface area contributed by atoms with Gasteiger partial charge in [0.1, 0.15) is 17.8 Å². The predicted octanol–water partition coefficient (Wildman–Crippen LogP) is 1.86. The number of amides is 1. The molecule has 3 N–H and O–H groups in total. The van der Waals surface area contributed by atoms with Gasteiger partial charge in [-0.3, -0.25) is 9.59 Å². The molecular weight excluding hydrogens is 308 g/mol. The third-order valence-corrected chi connectivity index (χ3v) is 3.11. The van der Waals surface area contributed by atoms with Crippen LogP contribution in [0.15, 0.2) is 53.6 Å². The first-order valence-corrected chi connectivity index (χ1v) is 7.13. The zero-order valence-electron chi connectivity index (χ0n) is 12.8. The Morgan fingerprint density at radius 2 is 1.92 bits per heavy atom. The van der Waals surface area contributed by atoms with Crippen LogP contribution >= 0.6 is 0 Å². The van der Waals surface area contributed by atoms with E-state index in [0.717, 1.165) is 11.4 Å². The van der Waals surface area contributed by atoms with Crippen molar-refractivity contribution in [1.29, 1.82) is 0 Å². The highest BCUT2D eigenvalue weighted by atomic mass is 16.2. The van der Waals surface area contributed by atoms with Crippen LogP contribution in [0.25, 0.3) is 0 Å². The summed E-state index contributed by atoms with van der Waals surface area (Å²) in [5, 5.41) is 11.8. The first-order chi connectivity index (χ1) is 11.6. The third kappa shape index (κ3) is 3.80. The minimum absolute atomic E-state index is 0.124. The summed E-state index contributed by atoms with van der Waals surface area (Å²) in [6.45, 7) is 1.88. The van der Waals surface area contributed by atoms with E-state index >= 15 is 0 Å². The van der Waals surface area contributed by atoms with E-state index < -0.39 is 5.91 Å². The fraction of sp³-hybridized carbons (Fsp3) is 0.0625. The summed E-state index contributed by atoms with van der Waals surface area (Å²) in [4.78, 5) is 31.2. The van der Waals surface area contributed by atoms with Crippen LogP contribution in [0.1, 0.15) is 16.2 Å². The van der Waals surface area contributed by atoms with Crippen molar-refractivity contribution in [3.63, 3.8) is 0 Å². The summed E-state index contributed by atoms with van der Waals surface area (Å²) in [7, 11) is 0. The molecule has 0 fully saturated rings. The molecular formula is C16H14N6O2. The summed E-state index contributed by atoms with van der Waals surface area (Å²) >= 11 is 0. The summed E-state index contributed by atoms with van der Waals surface area (Å²) in [6.07, 6.45) is 1.48. The van der Waals surface area contributed by atoms with E-state index in [1.807, 2.05) is 19.1 Å². The molecule has 0 bridgehead atoms. The van der Waals surface area contributed by atoms with E-state index in [1.54, 1.807) is 18.2 Å². The number of hydrogen-bond acceptors (Lipinski definition) is 6. The summed E-state index contributed by atoms with van der Waals surface area (Å²) < 4.78 is 0. The molecule has 1 aromatic carbocycles. The number of anilines is 3. The molecule has 0 radical (unpaired) electrons. The number of aromatic nitrogens is 4. The number of carbonyl (C=O) groups is 1. The molecule has 0 spiro atoms. The highest BCUT2D eigenvalue weighted by Gasteiger charge is 2.08. The molecule has 8 heteroatoms. The second kappa shape index (κ2) is 6.69. The molecule has 8 nitrogen and oxygen atoms in total. The average Bonchev–Trinajstić information content (AvgIpc) is 2.56. The van der Waals surface area contributed by atoms with Crippen LogP contribution < -0.4 is 16.2 Å². The van der Waals surface area contributed by atoms with Gasteiger partial charge in [0.05, 0.1) is 0 Å². The molecule has 0 saturated heterocycles. The molecule has 0 aliphatic heterocycles. The Bertz CT molecular complexity index is 917. The SMILES string of the molecule is Cc1cc(Nc2cccc(NC(=O)c3ccc(=O)[nH]n3)c2)ncn1. The Kier molecular flexibility index (Phi) is 4.28. The van der Waals surface area contributed by atoms with Crippen LogP contribution in [0, 0.1) is 6.92 Å². The maximum atomic E-state index is 12.1. The highest BCUT2D eigenvalue weighted by Crippen LogP contribution is 2.19. The Labute approximate surface area is 137 Å². The van der Waals surface area contributed by atoms with Crippen LogP contribution in [0.2, 0.25) is 0 Å². The van der Waals surface area contributed by atoms with Crippen molar-refractivity contribution in [3.05, 3.63) is 70.5 Å². The van der Waals surface area contributed by atoms with Crippen LogP contribution in [0.3, 0.4) is 0 Å². The second-order valence-electron chi connectivity index (χ2n) is 5.01. The standard InChI is InChI=1S/C16H14N6O2/c1-10-7-14(18-9-17-10)19-11-3-2-4-12(8-11)20-16(24)13-5-6-15(23)22-21-13/h2-9H,1H3,(H,20,24)(H,22,23)(H,17,18,19). The molecule has 120 valence electrons. The molecule has 2 heterocycles. The number of nitrogens with one attached hydrogen (secondary N) is 3. The quantitative estimate of drug-likeness (QED) is 0.676. The summed E-state index contributed by atoms with van der Waals surface area (Å²) in [5.41, 5.74) is 1.96. The van der Waals surface area contributed by atoms with Gasteiger partial charge in [0.2, 0.25) is 0 Å². The Morgan fingerprint density at radius 3 is 2.67 bits per heavy atom. The van der Waals surface area contributed by atoms with Crippen molar-refractivity contribution in [1.82, 2.24) is 20.2 Å². The first-order valence-electron chi connectivity index (χ1n) is 7.13. The van der Waals surface area contributed by atoms with Crippen molar-refractivity contribution < 1.29 is 4.79 Å². The third-order valence-electron chi connectivity index (χ3n) is 3.11. The van der Waals surface area contributed by atoms with Crippen LogP contribution in [-0.2, 0) is 0 Å². The van der Waals surface area contributed by atoms with E-state index in [-0.39, 0.29) is 11.3 Å². The van der Waals surface area contributed by atoms with Crippen molar-refractivity contribution in [2.45, 2.75) is 6.92 Å². The largest absolute Gasteiger partial charge is 0.340 e. The summed E-state index contributed by atoms with van der Waals surface area (Å²) in [6, 6.07) is 11.6. The number of nitrogens with zero attached hydrogens (tertiary/aromatic N) is 3. The lowest BCUT2D eigenvalue weighted by atomic mass is 10.2. The topological polar surface area (TPSA) is 113 Å². The van der Waals surface area contributed by atoms with Gasteiger partial charge in [0.15, 0.2) is 0 Å². The number of H-pyrrole nitrogens is 1. The van der Waals surface area contributed by atoms with Gasteiger partial charge in [-0.05, 0) is 31.2 Å². The van der Waals surface area contributed by atoms with Crippen LogP contribution in [0.5, 0.6) is 0 Å². The minimum atomic E-state index is -0.415. The van der Waals surface area contributed by atoms with Gasteiger partial charge >= 0.3 is 0 Å². The maximum absolute atomic E-state index is 12.1. The lowest BCUT2D eigenvalue weighted by Crippen LogP contribution is -2.17. The van der Waals surface area contributed by atoms with Gasteiger partial charge in [-0.2, -0.15) is 5.10 Å². The average molecular weight is 322 g/mol. The van der Waals surface area contributed by atoms with Crippen LogP contribution in [-0.4, -0.2) is 26.1 Å². The number of hydrogen-bond donors (Lipinski definition) is 3. The fourth-order valence-corrected chi connectivity index (χ4v) is 2.01. The molecule has 0 unspecified atom stereocenters. The van der Waals surface area contributed by atoms with Crippen molar-refractivity contribution in [2.75, 3.05) is 10.6 Å². The number of aryl methyl sites for hydroxylation is 1. The molecule has 0 saturated carbocycles. The van der Waals surface area contributed by atoms with Gasteiger partial charge in [-0.1, -0.05) is 6.07 Å². The molecule has 3 rings (SSSR count). The second-order valence-corrected chi connectivity index (χ2v) is 5.01. The lowest BCUT2D eigenvalue weighted by Gasteiger charge is -2.09.